The van der Waals surface area contributed by atoms with Gasteiger partial charge in [0.1, 0.15) is 6.10 Å². The molecule has 1 atom stereocenters. The molecular weight excluding hydrogens is 340 g/mol. The van der Waals surface area contributed by atoms with Crippen molar-refractivity contribution in [3.63, 3.8) is 0 Å². The van der Waals surface area contributed by atoms with Gasteiger partial charge in [-0.15, -0.1) is 0 Å². The second kappa shape index (κ2) is 7.37. The van der Waals surface area contributed by atoms with Crippen molar-refractivity contribution in [3.8, 4) is 5.88 Å². The molecule has 0 N–H and O–H groups in total. The third-order valence-corrected chi connectivity index (χ3v) is 5.95. The number of hydrogen-bond acceptors (Lipinski definition) is 6. The maximum absolute atomic E-state index is 12.8. The highest BCUT2D eigenvalue weighted by Crippen LogP contribution is 2.26. The minimum Gasteiger partial charge on any atom is -0.470 e. The van der Waals surface area contributed by atoms with Crippen LogP contribution in [0.4, 0.5) is 5.82 Å². The number of sulfonamides is 1. The first kappa shape index (κ1) is 17.6. The van der Waals surface area contributed by atoms with Crippen LogP contribution < -0.4 is 9.64 Å². The zero-order chi connectivity index (χ0) is 17.9. The predicted octanol–water partition coefficient (Wildman–Crippen LogP) is 1.77. The molecule has 0 aliphatic carbocycles. The van der Waals surface area contributed by atoms with E-state index in [0.717, 1.165) is 12.8 Å². The van der Waals surface area contributed by atoms with E-state index in [4.69, 9.17) is 4.74 Å². The molecule has 3 rings (SSSR count). The van der Waals surface area contributed by atoms with Crippen molar-refractivity contribution in [2.75, 3.05) is 32.1 Å². The molecule has 1 unspecified atom stereocenters. The van der Waals surface area contributed by atoms with E-state index in [-0.39, 0.29) is 6.10 Å². The molecule has 1 aromatic heterocycles. The first-order valence-corrected chi connectivity index (χ1v) is 9.62. The van der Waals surface area contributed by atoms with Crippen LogP contribution in [-0.4, -0.2) is 56.0 Å². The first-order chi connectivity index (χ1) is 12.0. The molecule has 1 saturated heterocycles. The van der Waals surface area contributed by atoms with Crippen molar-refractivity contribution in [2.24, 2.45) is 0 Å². The second-order valence-electron chi connectivity index (χ2n) is 6.14. The van der Waals surface area contributed by atoms with Gasteiger partial charge >= 0.3 is 0 Å². The molecule has 7 nitrogen and oxygen atoms in total. The maximum atomic E-state index is 12.8. The van der Waals surface area contributed by atoms with Gasteiger partial charge in [0.25, 0.3) is 5.88 Å². The Hall–Kier alpha value is -2.19. The third kappa shape index (κ3) is 3.91. The zero-order valence-electron chi connectivity index (χ0n) is 14.4. The maximum Gasteiger partial charge on any atom is 0.257 e. The number of rotatable bonds is 5. The number of benzene rings is 1. The highest BCUT2D eigenvalue weighted by atomic mass is 32.2. The fraction of sp³-hybridized carbons (Fsp3) is 0.412. The molecule has 0 radical (unpaired) electrons. The largest absolute Gasteiger partial charge is 0.470 e. The van der Waals surface area contributed by atoms with Gasteiger partial charge in [-0.25, -0.2) is 18.4 Å². The van der Waals surface area contributed by atoms with Gasteiger partial charge in [0.15, 0.2) is 5.82 Å². The van der Waals surface area contributed by atoms with Crippen LogP contribution in [0.5, 0.6) is 5.88 Å². The topological polar surface area (TPSA) is 75.6 Å². The van der Waals surface area contributed by atoms with E-state index in [1.54, 1.807) is 42.7 Å². The van der Waals surface area contributed by atoms with Crippen LogP contribution in [0.3, 0.4) is 0 Å². The summed E-state index contributed by atoms with van der Waals surface area (Å²) >= 11 is 0. The monoisotopic (exact) mass is 362 g/mol. The quantitative estimate of drug-likeness (QED) is 0.807. The van der Waals surface area contributed by atoms with Gasteiger partial charge in [0, 0.05) is 33.0 Å². The van der Waals surface area contributed by atoms with E-state index in [1.165, 1.54) is 4.31 Å². The summed E-state index contributed by atoms with van der Waals surface area (Å²) in [4.78, 5) is 10.6. The van der Waals surface area contributed by atoms with Gasteiger partial charge in [0.05, 0.1) is 11.4 Å². The number of aromatic nitrogens is 2. The molecular formula is C17H22N4O3S. The van der Waals surface area contributed by atoms with Gasteiger partial charge in [-0.1, -0.05) is 18.2 Å². The Kier molecular flexibility index (Phi) is 5.19. The van der Waals surface area contributed by atoms with E-state index >= 15 is 0 Å². The van der Waals surface area contributed by atoms with Crippen molar-refractivity contribution in [3.05, 3.63) is 42.7 Å². The molecule has 0 spiro atoms. The summed E-state index contributed by atoms with van der Waals surface area (Å²) < 4.78 is 33.1. The van der Waals surface area contributed by atoms with Crippen molar-refractivity contribution >= 4 is 15.8 Å². The summed E-state index contributed by atoms with van der Waals surface area (Å²) in [5.41, 5.74) is 0. The Morgan fingerprint density at radius 1 is 1.16 bits per heavy atom. The van der Waals surface area contributed by atoms with Crippen LogP contribution in [0, 0.1) is 0 Å². The lowest BCUT2D eigenvalue weighted by Crippen LogP contribution is -2.44. The van der Waals surface area contributed by atoms with Crippen LogP contribution in [0.15, 0.2) is 47.6 Å². The highest BCUT2D eigenvalue weighted by molar-refractivity contribution is 7.89. The molecule has 0 saturated carbocycles. The Bertz CT molecular complexity index is 812. The smallest absolute Gasteiger partial charge is 0.257 e. The summed E-state index contributed by atoms with van der Waals surface area (Å²) in [7, 11) is 0.223. The molecule has 2 aromatic rings. The number of anilines is 1. The van der Waals surface area contributed by atoms with E-state index in [9.17, 15) is 8.42 Å². The minimum atomic E-state index is -3.51. The molecule has 0 amide bonds. The van der Waals surface area contributed by atoms with Crippen LogP contribution in [0.1, 0.15) is 12.8 Å². The minimum absolute atomic E-state index is 0.248. The number of hydrogen-bond donors (Lipinski definition) is 0. The summed E-state index contributed by atoms with van der Waals surface area (Å²) in [6.45, 7) is 0.804. The molecule has 134 valence electrons. The average Bonchev–Trinajstić information content (AvgIpc) is 2.63. The normalized spacial score (nSPS) is 18.7. The standard InChI is InChI=1S/C17H22N4O3S/c1-20(2)16-17(19-11-10-18-16)24-14-7-6-12-21(13-14)25(22,23)15-8-4-3-5-9-15/h3-5,8-11,14H,6-7,12-13H2,1-2H3. The molecule has 1 aliphatic heterocycles. The molecule has 8 heteroatoms. The summed E-state index contributed by atoms with van der Waals surface area (Å²) in [5, 5.41) is 0. The molecule has 0 bridgehead atoms. The predicted molar refractivity (Wildman–Crippen MR) is 95.2 cm³/mol. The molecule has 25 heavy (non-hydrogen) atoms. The lowest BCUT2D eigenvalue weighted by atomic mass is 10.1. The van der Waals surface area contributed by atoms with Crippen LogP contribution >= 0.6 is 0 Å². The number of piperidine rings is 1. The summed E-state index contributed by atoms with van der Waals surface area (Å²) in [6, 6.07) is 8.50. The van der Waals surface area contributed by atoms with Crippen LogP contribution in [-0.2, 0) is 10.0 Å². The summed E-state index contributed by atoms with van der Waals surface area (Å²) in [5.74, 6) is 1.06. The summed E-state index contributed by atoms with van der Waals surface area (Å²) in [6.07, 6.45) is 4.46. The van der Waals surface area contributed by atoms with Crippen molar-refractivity contribution in [2.45, 2.75) is 23.8 Å². The van der Waals surface area contributed by atoms with Crippen molar-refractivity contribution < 1.29 is 13.2 Å². The van der Waals surface area contributed by atoms with E-state index in [0.29, 0.717) is 29.7 Å². The molecule has 1 fully saturated rings. The number of ether oxygens (including phenoxy) is 1. The van der Waals surface area contributed by atoms with Gasteiger partial charge in [-0.3, -0.25) is 0 Å². The van der Waals surface area contributed by atoms with Gasteiger partial charge < -0.3 is 9.64 Å². The second-order valence-corrected chi connectivity index (χ2v) is 8.08. The van der Waals surface area contributed by atoms with Crippen LogP contribution in [0.25, 0.3) is 0 Å². The van der Waals surface area contributed by atoms with Crippen molar-refractivity contribution in [1.29, 1.82) is 0 Å². The Morgan fingerprint density at radius 2 is 1.88 bits per heavy atom. The Morgan fingerprint density at radius 3 is 2.60 bits per heavy atom. The fourth-order valence-electron chi connectivity index (χ4n) is 2.83. The van der Waals surface area contributed by atoms with E-state index in [2.05, 4.69) is 9.97 Å². The van der Waals surface area contributed by atoms with E-state index < -0.39 is 10.0 Å². The van der Waals surface area contributed by atoms with Gasteiger partial charge in [-0.05, 0) is 25.0 Å². The van der Waals surface area contributed by atoms with E-state index in [1.807, 2.05) is 19.0 Å². The lowest BCUT2D eigenvalue weighted by Gasteiger charge is -2.32. The Labute approximate surface area is 148 Å². The third-order valence-electron chi connectivity index (χ3n) is 4.07. The van der Waals surface area contributed by atoms with Crippen molar-refractivity contribution in [1.82, 2.24) is 14.3 Å². The Balaban J connectivity index is 1.76. The molecule has 2 heterocycles. The number of nitrogens with zero attached hydrogens (tertiary/aromatic N) is 4. The van der Waals surface area contributed by atoms with Crippen LogP contribution in [0.2, 0.25) is 0 Å². The fourth-order valence-corrected chi connectivity index (χ4v) is 4.36. The average molecular weight is 362 g/mol. The van der Waals surface area contributed by atoms with Gasteiger partial charge in [0.2, 0.25) is 10.0 Å². The molecule has 1 aliphatic rings. The highest BCUT2D eigenvalue weighted by Gasteiger charge is 2.31. The van der Waals surface area contributed by atoms with Gasteiger partial charge in [-0.2, -0.15) is 4.31 Å². The lowest BCUT2D eigenvalue weighted by molar-refractivity contribution is 0.125. The first-order valence-electron chi connectivity index (χ1n) is 8.18. The zero-order valence-corrected chi connectivity index (χ0v) is 15.2. The molecule has 1 aromatic carbocycles. The SMILES string of the molecule is CN(C)c1nccnc1OC1CCCN(S(=O)(=O)c2ccccc2)C1.